The van der Waals surface area contributed by atoms with E-state index >= 15 is 0 Å². The molecule has 0 saturated heterocycles. The molecule has 1 aromatic carbocycles. The molecule has 22 heavy (non-hydrogen) atoms. The van der Waals surface area contributed by atoms with Crippen LogP contribution >= 0.6 is 0 Å². The Morgan fingerprint density at radius 3 is 2.59 bits per heavy atom. The van der Waals surface area contributed by atoms with Gasteiger partial charge in [0.25, 0.3) is 0 Å². The highest BCUT2D eigenvalue weighted by Crippen LogP contribution is 2.33. The van der Waals surface area contributed by atoms with E-state index < -0.39 is 0 Å². The molecule has 0 amide bonds. The third-order valence-electron chi connectivity index (χ3n) is 4.04. The summed E-state index contributed by atoms with van der Waals surface area (Å²) in [5.74, 6) is 1.78. The summed E-state index contributed by atoms with van der Waals surface area (Å²) in [5, 5.41) is 9.86. The summed E-state index contributed by atoms with van der Waals surface area (Å²) >= 11 is 0. The van der Waals surface area contributed by atoms with Crippen molar-refractivity contribution in [3.8, 4) is 17.2 Å². The Balaban J connectivity index is 1.80. The Labute approximate surface area is 130 Å². The molecular formula is C17H20N2O3. The molecule has 1 aliphatic heterocycles. The lowest BCUT2D eigenvalue weighted by molar-refractivity contribution is 0.238. The zero-order chi connectivity index (χ0) is 15.5. The molecule has 5 nitrogen and oxygen atoms in total. The molecule has 5 heteroatoms. The van der Waals surface area contributed by atoms with Crippen molar-refractivity contribution in [2.45, 2.75) is 19.5 Å². The van der Waals surface area contributed by atoms with Gasteiger partial charge in [0.2, 0.25) is 0 Å². The first kappa shape index (κ1) is 14.7. The minimum Gasteiger partial charge on any atom is -0.506 e. The summed E-state index contributed by atoms with van der Waals surface area (Å²) in [7, 11) is 3.31. The van der Waals surface area contributed by atoms with Crippen LogP contribution in [0.3, 0.4) is 0 Å². The van der Waals surface area contributed by atoms with E-state index in [1.54, 1.807) is 32.5 Å². The van der Waals surface area contributed by atoms with E-state index in [1.807, 2.05) is 6.07 Å². The fourth-order valence-corrected chi connectivity index (χ4v) is 2.84. The summed E-state index contributed by atoms with van der Waals surface area (Å²) in [6.07, 6.45) is 2.66. The SMILES string of the molecule is COc1cc2c(cc1OC)CN(Cc1ncccc1O)CC2. The van der Waals surface area contributed by atoms with Gasteiger partial charge in [-0.05, 0) is 41.8 Å². The molecule has 0 aliphatic carbocycles. The Morgan fingerprint density at radius 1 is 1.18 bits per heavy atom. The maximum Gasteiger partial charge on any atom is 0.161 e. The summed E-state index contributed by atoms with van der Waals surface area (Å²) in [5.41, 5.74) is 3.24. The second-order valence-corrected chi connectivity index (χ2v) is 5.41. The molecule has 0 atom stereocenters. The van der Waals surface area contributed by atoms with Gasteiger partial charge in [0.15, 0.2) is 11.5 Å². The monoisotopic (exact) mass is 300 g/mol. The quantitative estimate of drug-likeness (QED) is 0.939. The van der Waals surface area contributed by atoms with Crippen LogP contribution in [0.1, 0.15) is 16.8 Å². The van der Waals surface area contributed by atoms with Crippen LogP contribution in [0.25, 0.3) is 0 Å². The average Bonchev–Trinajstić information content (AvgIpc) is 2.55. The van der Waals surface area contributed by atoms with Crippen LogP contribution in [0.15, 0.2) is 30.5 Å². The first-order valence-corrected chi connectivity index (χ1v) is 7.30. The van der Waals surface area contributed by atoms with E-state index in [0.717, 1.165) is 31.0 Å². The van der Waals surface area contributed by atoms with Gasteiger partial charge in [-0.3, -0.25) is 9.88 Å². The maximum atomic E-state index is 9.86. The Kier molecular flexibility index (Phi) is 4.15. The zero-order valence-electron chi connectivity index (χ0n) is 12.9. The highest BCUT2D eigenvalue weighted by Gasteiger charge is 2.20. The molecule has 0 bridgehead atoms. The topological polar surface area (TPSA) is 54.8 Å². The number of methoxy groups -OCH3 is 2. The predicted octanol–water partition coefficient (Wildman–Crippen LogP) is 2.36. The normalized spacial score (nSPS) is 14.5. The molecule has 0 saturated carbocycles. The van der Waals surface area contributed by atoms with Crippen LogP contribution in [0.2, 0.25) is 0 Å². The third-order valence-corrected chi connectivity index (χ3v) is 4.04. The minimum absolute atomic E-state index is 0.251. The van der Waals surface area contributed by atoms with Crippen molar-refractivity contribution >= 4 is 0 Å². The smallest absolute Gasteiger partial charge is 0.161 e. The molecule has 0 spiro atoms. The van der Waals surface area contributed by atoms with E-state index in [-0.39, 0.29) is 5.75 Å². The maximum absolute atomic E-state index is 9.86. The number of fused-ring (bicyclic) bond motifs is 1. The standard InChI is InChI=1S/C17H20N2O3/c1-21-16-8-12-5-7-19(10-13(12)9-17(16)22-2)11-14-15(20)4-3-6-18-14/h3-4,6,8-9,20H,5,7,10-11H2,1-2H3. The van der Waals surface area contributed by atoms with Crippen molar-refractivity contribution in [2.24, 2.45) is 0 Å². The van der Waals surface area contributed by atoms with Crippen molar-refractivity contribution in [1.29, 1.82) is 0 Å². The number of nitrogens with zero attached hydrogens (tertiary/aromatic N) is 2. The molecule has 0 unspecified atom stereocenters. The van der Waals surface area contributed by atoms with E-state index in [0.29, 0.717) is 12.2 Å². The van der Waals surface area contributed by atoms with Crippen LogP contribution in [-0.4, -0.2) is 35.8 Å². The second-order valence-electron chi connectivity index (χ2n) is 5.41. The molecule has 2 aromatic rings. The molecule has 0 radical (unpaired) electrons. The number of aromatic nitrogens is 1. The van der Waals surface area contributed by atoms with Gasteiger partial charge in [-0.25, -0.2) is 0 Å². The first-order valence-electron chi connectivity index (χ1n) is 7.30. The van der Waals surface area contributed by atoms with Gasteiger partial charge in [0, 0.05) is 25.8 Å². The predicted molar refractivity (Wildman–Crippen MR) is 83.3 cm³/mol. The van der Waals surface area contributed by atoms with Crippen LogP contribution in [0, 0.1) is 0 Å². The van der Waals surface area contributed by atoms with Gasteiger partial charge in [-0.2, -0.15) is 0 Å². The van der Waals surface area contributed by atoms with Crippen LogP contribution in [-0.2, 0) is 19.5 Å². The van der Waals surface area contributed by atoms with Gasteiger partial charge < -0.3 is 14.6 Å². The van der Waals surface area contributed by atoms with E-state index in [4.69, 9.17) is 9.47 Å². The molecule has 3 rings (SSSR count). The molecule has 2 heterocycles. The van der Waals surface area contributed by atoms with Crippen molar-refractivity contribution in [1.82, 2.24) is 9.88 Å². The Morgan fingerprint density at radius 2 is 1.91 bits per heavy atom. The number of aromatic hydroxyl groups is 1. The number of pyridine rings is 1. The van der Waals surface area contributed by atoms with Gasteiger partial charge in [0.05, 0.1) is 19.9 Å². The van der Waals surface area contributed by atoms with Crippen LogP contribution in [0.5, 0.6) is 17.2 Å². The summed E-state index contributed by atoms with van der Waals surface area (Å²) < 4.78 is 10.7. The van der Waals surface area contributed by atoms with Gasteiger partial charge >= 0.3 is 0 Å². The second kappa shape index (κ2) is 6.23. The molecular weight excluding hydrogens is 280 g/mol. The molecule has 1 N–H and O–H groups in total. The number of hydrogen-bond acceptors (Lipinski definition) is 5. The van der Waals surface area contributed by atoms with Gasteiger partial charge in [0.1, 0.15) is 5.75 Å². The van der Waals surface area contributed by atoms with Crippen LogP contribution in [0.4, 0.5) is 0 Å². The van der Waals surface area contributed by atoms with Gasteiger partial charge in [-0.15, -0.1) is 0 Å². The van der Waals surface area contributed by atoms with Crippen LogP contribution < -0.4 is 9.47 Å². The van der Waals surface area contributed by atoms with Crippen molar-refractivity contribution in [3.05, 3.63) is 47.3 Å². The summed E-state index contributed by atoms with van der Waals surface area (Å²) in [4.78, 5) is 6.53. The number of rotatable bonds is 4. The number of hydrogen-bond donors (Lipinski definition) is 1. The largest absolute Gasteiger partial charge is 0.506 e. The molecule has 0 fully saturated rings. The fourth-order valence-electron chi connectivity index (χ4n) is 2.84. The summed E-state index contributed by atoms with van der Waals surface area (Å²) in [6.45, 7) is 2.38. The van der Waals surface area contributed by atoms with Crippen molar-refractivity contribution in [3.63, 3.8) is 0 Å². The average molecular weight is 300 g/mol. The van der Waals surface area contributed by atoms with Gasteiger partial charge in [-0.1, -0.05) is 0 Å². The Hall–Kier alpha value is -2.27. The number of ether oxygens (including phenoxy) is 2. The Bertz CT molecular complexity index is 673. The lowest BCUT2D eigenvalue weighted by atomic mass is 9.98. The molecule has 1 aliphatic rings. The van der Waals surface area contributed by atoms with Crippen molar-refractivity contribution < 1.29 is 14.6 Å². The highest BCUT2D eigenvalue weighted by atomic mass is 16.5. The fraction of sp³-hybridized carbons (Fsp3) is 0.353. The van der Waals surface area contributed by atoms with E-state index in [1.165, 1.54) is 11.1 Å². The minimum atomic E-state index is 0.251. The highest BCUT2D eigenvalue weighted by molar-refractivity contribution is 5.48. The third kappa shape index (κ3) is 2.85. The molecule has 116 valence electrons. The zero-order valence-corrected chi connectivity index (χ0v) is 12.9. The lowest BCUT2D eigenvalue weighted by Gasteiger charge is -2.29. The van der Waals surface area contributed by atoms with E-state index in [9.17, 15) is 5.11 Å². The van der Waals surface area contributed by atoms with Crippen molar-refractivity contribution in [2.75, 3.05) is 20.8 Å². The lowest BCUT2D eigenvalue weighted by Crippen LogP contribution is -2.30. The first-order chi connectivity index (χ1) is 10.7. The molecule has 1 aromatic heterocycles. The van der Waals surface area contributed by atoms with E-state index in [2.05, 4.69) is 16.0 Å². The number of benzene rings is 1. The summed E-state index contributed by atoms with van der Waals surface area (Å²) in [6, 6.07) is 7.51.